The van der Waals surface area contributed by atoms with Crippen LogP contribution in [0.3, 0.4) is 0 Å². The van der Waals surface area contributed by atoms with Crippen molar-refractivity contribution in [3.63, 3.8) is 0 Å². The number of para-hydroxylation sites is 1. The largest absolute Gasteiger partial charge is 0.436 e. The van der Waals surface area contributed by atoms with E-state index in [-0.39, 0.29) is 24.4 Å². The van der Waals surface area contributed by atoms with Crippen LogP contribution in [0.4, 0.5) is 21.0 Å². The van der Waals surface area contributed by atoms with Gasteiger partial charge < -0.3 is 35.8 Å². The van der Waals surface area contributed by atoms with Crippen LogP contribution in [-0.4, -0.2) is 115 Å². The Hall–Kier alpha value is -2.87. The second-order valence-corrected chi connectivity index (χ2v) is 14.3. The number of carbonyl (C=O) groups excluding carboxylic acids is 3. The summed E-state index contributed by atoms with van der Waals surface area (Å²) in [6, 6.07) is 12.0. The number of hydrogen-bond acceptors (Lipinski definition) is 7. The third kappa shape index (κ3) is 7.64. The van der Waals surface area contributed by atoms with Gasteiger partial charge in [-0.25, -0.2) is 9.59 Å². The SMILES string of the molecule is Nc1c(Br)cc(CC(OC(=O)N2CCC(N3CCc4ccccc4NC3=O)CC2)C(=O)N2CCC(N3CCNCC3)CC2)cc1Br. The van der Waals surface area contributed by atoms with E-state index in [2.05, 4.69) is 47.4 Å². The molecular formula is C33H43Br2N7O4. The number of benzene rings is 2. The first kappa shape index (κ1) is 33.0. The molecule has 0 aliphatic carbocycles. The summed E-state index contributed by atoms with van der Waals surface area (Å²) in [5.41, 5.74) is 9.51. The molecular weight excluding hydrogens is 718 g/mol. The second-order valence-electron chi connectivity index (χ2n) is 12.6. The summed E-state index contributed by atoms with van der Waals surface area (Å²) in [5.74, 6) is -0.160. The fraction of sp³-hybridized carbons (Fsp3) is 0.545. The van der Waals surface area contributed by atoms with Crippen LogP contribution in [0.2, 0.25) is 0 Å². The molecule has 3 fully saturated rings. The van der Waals surface area contributed by atoms with Crippen molar-refractivity contribution >= 4 is 61.3 Å². The zero-order valence-corrected chi connectivity index (χ0v) is 29.2. The maximum atomic E-state index is 14.0. The molecule has 1 atom stereocenters. The highest BCUT2D eigenvalue weighted by Crippen LogP contribution is 2.31. The van der Waals surface area contributed by atoms with E-state index in [0.717, 1.165) is 62.3 Å². The molecule has 0 bridgehead atoms. The minimum Gasteiger partial charge on any atom is -0.436 e. The fourth-order valence-corrected chi connectivity index (χ4v) is 8.43. The predicted molar refractivity (Wildman–Crippen MR) is 185 cm³/mol. The number of rotatable bonds is 6. The van der Waals surface area contributed by atoms with Gasteiger partial charge in [0.15, 0.2) is 6.10 Å². The van der Waals surface area contributed by atoms with Crippen molar-refractivity contribution in [2.75, 3.05) is 70.0 Å². The van der Waals surface area contributed by atoms with E-state index < -0.39 is 12.2 Å². The zero-order chi connectivity index (χ0) is 32.2. The Morgan fingerprint density at radius 2 is 1.52 bits per heavy atom. The Balaban J connectivity index is 1.09. The van der Waals surface area contributed by atoms with Crippen molar-refractivity contribution in [1.82, 2.24) is 24.9 Å². The Kier molecular flexibility index (Phi) is 10.7. The smallest absolute Gasteiger partial charge is 0.410 e. The van der Waals surface area contributed by atoms with Gasteiger partial charge in [0.25, 0.3) is 5.91 Å². The Morgan fingerprint density at radius 1 is 0.891 bits per heavy atom. The normalized spacial score (nSPS) is 20.9. The number of nitrogen functional groups attached to an aromatic ring is 1. The summed E-state index contributed by atoms with van der Waals surface area (Å²) in [4.78, 5) is 48.6. The number of halogens is 2. The third-order valence-electron chi connectivity index (χ3n) is 9.83. The topological polar surface area (TPSA) is 123 Å². The molecule has 2 aromatic rings. The molecule has 2 aromatic carbocycles. The molecule has 13 heteroatoms. The number of piperidine rings is 2. The lowest BCUT2D eigenvalue weighted by Crippen LogP contribution is -2.54. The molecule has 0 saturated carbocycles. The van der Waals surface area contributed by atoms with E-state index in [9.17, 15) is 14.4 Å². The van der Waals surface area contributed by atoms with Gasteiger partial charge in [-0.15, -0.1) is 0 Å². The van der Waals surface area contributed by atoms with E-state index in [4.69, 9.17) is 10.5 Å². The number of piperazine rings is 1. The standard InChI is InChI=1S/C33H43Br2N7O4/c34-26-19-22(20-27(35)30(26)36)21-29(31(43)40-12-6-24(7-13-40)39-17-10-37-11-18-39)46-33(45)41-14-8-25(9-15-41)42-16-5-23-3-1-2-4-28(23)38-32(42)44/h1-4,19-20,24-25,29,37H,5-18,21,36H2,(H,38,44). The van der Waals surface area contributed by atoms with Crippen LogP contribution >= 0.6 is 31.9 Å². The molecule has 3 saturated heterocycles. The molecule has 0 spiro atoms. The Labute approximate surface area is 287 Å². The maximum absolute atomic E-state index is 14.0. The number of amides is 4. The van der Waals surface area contributed by atoms with Crippen molar-refractivity contribution in [3.8, 4) is 0 Å². The first-order valence-electron chi connectivity index (χ1n) is 16.3. The molecule has 46 heavy (non-hydrogen) atoms. The number of anilines is 2. The highest BCUT2D eigenvalue weighted by molar-refractivity contribution is 9.11. The van der Waals surface area contributed by atoms with Gasteiger partial charge in [-0.3, -0.25) is 9.69 Å². The molecule has 1 unspecified atom stereocenters. The summed E-state index contributed by atoms with van der Waals surface area (Å²) in [7, 11) is 0. The molecule has 4 heterocycles. The number of carbonyl (C=O) groups is 3. The zero-order valence-electron chi connectivity index (χ0n) is 26.1. The number of nitrogens with zero attached hydrogens (tertiary/aromatic N) is 4. The van der Waals surface area contributed by atoms with Gasteiger partial charge in [-0.05, 0) is 93.3 Å². The van der Waals surface area contributed by atoms with E-state index in [1.807, 2.05) is 46.2 Å². The second kappa shape index (κ2) is 14.9. The molecule has 4 aliphatic rings. The van der Waals surface area contributed by atoms with E-state index >= 15 is 0 Å². The molecule has 11 nitrogen and oxygen atoms in total. The van der Waals surface area contributed by atoms with E-state index in [0.29, 0.717) is 66.2 Å². The van der Waals surface area contributed by atoms with Crippen molar-refractivity contribution in [2.45, 2.75) is 56.7 Å². The number of hydrogen-bond donors (Lipinski definition) is 3. The first-order chi connectivity index (χ1) is 22.3. The van der Waals surface area contributed by atoms with Crippen LogP contribution in [0.5, 0.6) is 0 Å². The number of nitrogens with one attached hydrogen (secondary N) is 2. The quantitative estimate of drug-likeness (QED) is 0.376. The number of likely N-dealkylation sites (tertiary alicyclic amines) is 2. The molecule has 4 amide bonds. The van der Waals surface area contributed by atoms with Gasteiger partial charge in [0.1, 0.15) is 0 Å². The van der Waals surface area contributed by atoms with Gasteiger partial charge in [-0.1, -0.05) is 18.2 Å². The monoisotopic (exact) mass is 759 g/mol. The Morgan fingerprint density at radius 3 is 2.22 bits per heavy atom. The van der Waals surface area contributed by atoms with Crippen LogP contribution in [0.15, 0.2) is 45.3 Å². The van der Waals surface area contributed by atoms with Crippen molar-refractivity contribution in [2.24, 2.45) is 0 Å². The summed E-state index contributed by atoms with van der Waals surface area (Å²) < 4.78 is 7.48. The molecule has 0 radical (unpaired) electrons. The average Bonchev–Trinajstić information content (AvgIpc) is 3.25. The molecule has 0 aromatic heterocycles. The predicted octanol–water partition coefficient (Wildman–Crippen LogP) is 4.29. The summed E-state index contributed by atoms with van der Waals surface area (Å²) in [6.07, 6.45) is 2.69. The van der Waals surface area contributed by atoms with Crippen molar-refractivity contribution < 1.29 is 19.1 Å². The lowest BCUT2D eigenvalue weighted by molar-refractivity contribution is -0.142. The third-order valence-corrected chi connectivity index (χ3v) is 11.1. The summed E-state index contributed by atoms with van der Waals surface area (Å²) in [5, 5.41) is 6.46. The van der Waals surface area contributed by atoms with Crippen LogP contribution in [0.1, 0.15) is 36.8 Å². The minimum atomic E-state index is -0.960. The van der Waals surface area contributed by atoms with Crippen LogP contribution in [0.25, 0.3) is 0 Å². The molecule has 248 valence electrons. The van der Waals surface area contributed by atoms with E-state index in [1.165, 1.54) is 0 Å². The van der Waals surface area contributed by atoms with Crippen molar-refractivity contribution in [3.05, 3.63) is 56.5 Å². The number of ether oxygens (including phenoxy) is 1. The minimum absolute atomic E-state index is 0.0252. The fourth-order valence-electron chi connectivity index (χ4n) is 7.14. The van der Waals surface area contributed by atoms with Crippen LogP contribution < -0.4 is 16.4 Å². The van der Waals surface area contributed by atoms with E-state index in [1.54, 1.807) is 4.90 Å². The molecule has 4 N–H and O–H groups in total. The average molecular weight is 762 g/mol. The highest BCUT2D eigenvalue weighted by Gasteiger charge is 2.36. The molecule has 4 aliphatic heterocycles. The lowest BCUT2D eigenvalue weighted by atomic mass is 10.0. The van der Waals surface area contributed by atoms with Crippen LogP contribution in [-0.2, 0) is 22.4 Å². The summed E-state index contributed by atoms with van der Waals surface area (Å²) >= 11 is 7.01. The van der Waals surface area contributed by atoms with Gasteiger partial charge in [0.05, 0.1) is 5.69 Å². The number of fused-ring (bicyclic) bond motifs is 1. The van der Waals surface area contributed by atoms with Crippen molar-refractivity contribution in [1.29, 1.82) is 0 Å². The molecule has 6 rings (SSSR count). The van der Waals surface area contributed by atoms with Crippen LogP contribution in [0, 0.1) is 0 Å². The maximum Gasteiger partial charge on any atom is 0.410 e. The summed E-state index contributed by atoms with van der Waals surface area (Å²) in [6.45, 7) is 6.90. The van der Waals surface area contributed by atoms with Gasteiger partial charge >= 0.3 is 12.1 Å². The number of nitrogens with two attached hydrogens (primary N) is 1. The van der Waals surface area contributed by atoms with Gasteiger partial charge in [-0.2, -0.15) is 0 Å². The highest BCUT2D eigenvalue weighted by atomic mass is 79.9. The lowest BCUT2D eigenvalue weighted by Gasteiger charge is -2.41. The van der Waals surface area contributed by atoms with Gasteiger partial charge in [0.2, 0.25) is 0 Å². The first-order valence-corrected chi connectivity index (χ1v) is 17.9. The van der Waals surface area contributed by atoms with Gasteiger partial charge in [0, 0.05) is 92.0 Å². The Bertz CT molecular complexity index is 1400. The number of urea groups is 1.